The summed E-state index contributed by atoms with van der Waals surface area (Å²) >= 11 is 0. The van der Waals surface area contributed by atoms with Crippen LogP contribution in [0.2, 0.25) is 0 Å². The smallest absolute Gasteiger partial charge is 0.254 e. The first kappa shape index (κ1) is 17.4. The van der Waals surface area contributed by atoms with Crippen LogP contribution in [0.25, 0.3) is 0 Å². The fourth-order valence-electron chi connectivity index (χ4n) is 2.64. The van der Waals surface area contributed by atoms with Crippen LogP contribution in [0.1, 0.15) is 28.8 Å². The molecule has 0 bridgehead atoms. The molecular weight excluding hydrogens is 343 g/mol. The highest BCUT2D eigenvalue weighted by Gasteiger charge is 2.33. The quantitative estimate of drug-likeness (QED) is 0.859. The highest BCUT2D eigenvalue weighted by molar-refractivity contribution is 7.92. The van der Waals surface area contributed by atoms with Crippen molar-refractivity contribution >= 4 is 21.6 Å². The van der Waals surface area contributed by atoms with Crippen LogP contribution < -0.4 is 4.72 Å². The van der Waals surface area contributed by atoms with E-state index in [2.05, 4.69) is 4.72 Å². The minimum atomic E-state index is -3.41. The van der Waals surface area contributed by atoms with E-state index in [4.69, 9.17) is 0 Å². The molecule has 25 heavy (non-hydrogen) atoms. The Hall–Kier alpha value is -2.41. The Labute approximate surface area is 146 Å². The predicted molar refractivity (Wildman–Crippen MR) is 94.2 cm³/mol. The molecule has 0 aliphatic heterocycles. The second kappa shape index (κ2) is 6.84. The van der Waals surface area contributed by atoms with E-state index in [0.717, 1.165) is 24.7 Å². The second-order valence-corrected chi connectivity index (χ2v) is 7.99. The minimum absolute atomic E-state index is 0.163. The number of halogens is 1. The summed E-state index contributed by atoms with van der Waals surface area (Å²) in [6, 6.07) is 12.7. The molecule has 2 aromatic carbocycles. The van der Waals surface area contributed by atoms with Gasteiger partial charge in [0.05, 0.1) is 6.26 Å². The van der Waals surface area contributed by atoms with Crippen molar-refractivity contribution in [2.24, 2.45) is 0 Å². The van der Waals surface area contributed by atoms with Crippen molar-refractivity contribution in [2.75, 3.05) is 11.0 Å². The number of amides is 1. The highest BCUT2D eigenvalue weighted by atomic mass is 32.2. The summed E-state index contributed by atoms with van der Waals surface area (Å²) in [4.78, 5) is 14.6. The van der Waals surface area contributed by atoms with E-state index in [1.807, 2.05) is 0 Å². The molecule has 1 N–H and O–H groups in total. The van der Waals surface area contributed by atoms with Crippen LogP contribution in [0.15, 0.2) is 48.5 Å². The number of rotatable bonds is 6. The number of benzene rings is 2. The summed E-state index contributed by atoms with van der Waals surface area (Å²) in [5, 5.41) is 0. The van der Waals surface area contributed by atoms with Gasteiger partial charge in [-0.15, -0.1) is 0 Å². The van der Waals surface area contributed by atoms with Crippen molar-refractivity contribution in [2.45, 2.75) is 25.4 Å². The van der Waals surface area contributed by atoms with E-state index in [-0.39, 0.29) is 17.8 Å². The molecule has 2 aromatic rings. The first-order valence-electron chi connectivity index (χ1n) is 7.95. The Morgan fingerprint density at radius 2 is 1.88 bits per heavy atom. The van der Waals surface area contributed by atoms with Gasteiger partial charge in [-0.1, -0.05) is 18.2 Å². The Morgan fingerprint density at radius 1 is 1.20 bits per heavy atom. The van der Waals surface area contributed by atoms with Crippen LogP contribution >= 0.6 is 0 Å². The lowest BCUT2D eigenvalue weighted by atomic mass is 10.1. The molecule has 0 aromatic heterocycles. The number of sulfonamides is 1. The molecule has 1 saturated carbocycles. The first-order valence-corrected chi connectivity index (χ1v) is 9.84. The van der Waals surface area contributed by atoms with Gasteiger partial charge in [-0.3, -0.25) is 9.52 Å². The molecule has 1 amide bonds. The number of anilines is 1. The summed E-state index contributed by atoms with van der Waals surface area (Å²) in [7, 11) is -3.41. The fourth-order valence-corrected chi connectivity index (χ4v) is 3.19. The zero-order valence-electron chi connectivity index (χ0n) is 13.8. The Kier molecular flexibility index (Phi) is 4.76. The molecule has 0 heterocycles. The second-order valence-electron chi connectivity index (χ2n) is 6.25. The zero-order chi connectivity index (χ0) is 18.0. The van der Waals surface area contributed by atoms with E-state index in [1.165, 1.54) is 18.2 Å². The van der Waals surface area contributed by atoms with Crippen LogP contribution in [-0.2, 0) is 16.6 Å². The minimum Gasteiger partial charge on any atom is -0.331 e. The maximum atomic E-state index is 13.1. The van der Waals surface area contributed by atoms with Gasteiger partial charge in [-0.05, 0) is 48.7 Å². The number of nitrogens with one attached hydrogen (secondary N) is 1. The van der Waals surface area contributed by atoms with E-state index in [9.17, 15) is 17.6 Å². The van der Waals surface area contributed by atoms with Crippen LogP contribution in [0.4, 0.5) is 10.1 Å². The molecule has 1 fully saturated rings. The van der Waals surface area contributed by atoms with Gasteiger partial charge in [0.15, 0.2) is 0 Å². The maximum absolute atomic E-state index is 13.1. The van der Waals surface area contributed by atoms with Gasteiger partial charge in [0.2, 0.25) is 10.0 Å². The van der Waals surface area contributed by atoms with Gasteiger partial charge in [0, 0.05) is 23.8 Å². The van der Waals surface area contributed by atoms with Crippen molar-refractivity contribution < 1.29 is 17.6 Å². The monoisotopic (exact) mass is 362 g/mol. The molecular formula is C18H19FN2O3S. The van der Waals surface area contributed by atoms with Crippen molar-refractivity contribution in [3.63, 3.8) is 0 Å². The standard InChI is InChI=1S/C18H19FN2O3S/c1-25(23,24)20-16-4-2-3-14(11-16)18(22)21(17-9-10-17)12-13-5-7-15(19)8-6-13/h2-8,11,17,20H,9-10,12H2,1H3. The lowest BCUT2D eigenvalue weighted by Crippen LogP contribution is -2.32. The average Bonchev–Trinajstić information content (AvgIpc) is 3.37. The molecule has 0 saturated heterocycles. The maximum Gasteiger partial charge on any atom is 0.254 e. The van der Waals surface area contributed by atoms with E-state index < -0.39 is 10.0 Å². The summed E-state index contributed by atoms with van der Waals surface area (Å²) < 4.78 is 38.2. The third-order valence-electron chi connectivity index (χ3n) is 3.93. The van der Waals surface area contributed by atoms with E-state index in [1.54, 1.807) is 35.2 Å². The molecule has 0 spiro atoms. The lowest BCUT2D eigenvalue weighted by molar-refractivity contribution is 0.0730. The number of hydrogen-bond donors (Lipinski definition) is 1. The fraction of sp³-hybridized carbons (Fsp3) is 0.278. The summed E-state index contributed by atoms with van der Waals surface area (Å²) in [5.41, 5.74) is 1.63. The zero-order valence-corrected chi connectivity index (χ0v) is 14.6. The summed E-state index contributed by atoms with van der Waals surface area (Å²) in [5.74, 6) is -0.475. The van der Waals surface area contributed by atoms with Crippen molar-refractivity contribution in [1.82, 2.24) is 4.90 Å². The molecule has 0 unspecified atom stereocenters. The van der Waals surface area contributed by atoms with Gasteiger partial charge >= 0.3 is 0 Å². The molecule has 0 radical (unpaired) electrons. The van der Waals surface area contributed by atoms with E-state index in [0.29, 0.717) is 17.8 Å². The summed E-state index contributed by atoms with van der Waals surface area (Å²) in [6.07, 6.45) is 2.94. The van der Waals surface area contributed by atoms with Gasteiger partial charge < -0.3 is 4.90 Å². The molecule has 132 valence electrons. The molecule has 3 rings (SSSR count). The van der Waals surface area contributed by atoms with Crippen molar-refractivity contribution in [3.8, 4) is 0 Å². The van der Waals surface area contributed by atoms with Crippen LogP contribution in [0.5, 0.6) is 0 Å². The molecule has 1 aliphatic carbocycles. The topological polar surface area (TPSA) is 66.5 Å². The third kappa shape index (κ3) is 4.79. The molecule has 5 nitrogen and oxygen atoms in total. The largest absolute Gasteiger partial charge is 0.331 e. The Bertz CT molecular complexity index is 877. The Morgan fingerprint density at radius 3 is 2.48 bits per heavy atom. The first-order chi connectivity index (χ1) is 11.8. The number of carbonyl (C=O) groups is 1. The van der Waals surface area contributed by atoms with Crippen LogP contribution in [0, 0.1) is 5.82 Å². The highest BCUT2D eigenvalue weighted by Crippen LogP contribution is 2.30. The van der Waals surface area contributed by atoms with Gasteiger partial charge in [-0.25, -0.2) is 12.8 Å². The SMILES string of the molecule is CS(=O)(=O)Nc1cccc(C(=O)N(Cc2ccc(F)cc2)C2CC2)c1. The molecule has 1 aliphatic rings. The molecule has 0 atom stereocenters. The van der Waals surface area contributed by atoms with Crippen molar-refractivity contribution in [1.29, 1.82) is 0 Å². The Balaban J connectivity index is 1.81. The number of nitrogens with zero attached hydrogens (tertiary/aromatic N) is 1. The van der Waals surface area contributed by atoms with Gasteiger partial charge in [0.1, 0.15) is 5.82 Å². The predicted octanol–water partition coefficient (Wildman–Crippen LogP) is 3.00. The van der Waals surface area contributed by atoms with Gasteiger partial charge in [-0.2, -0.15) is 0 Å². The summed E-state index contributed by atoms with van der Waals surface area (Å²) in [6.45, 7) is 0.396. The number of hydrogen-bond acceptors (Lipinski definition) is 3. The van der Waals surface area contributed by atoms with Gasteiger partial charge in [0.25, 0.3) is 5.91 Å². The average molecular weight is 362 g/mol. The lowest BCUT2D eigenvalue weighted by Gasteiger charge is -2.23. The van der Waals surface area contributed by atoms with E-state index >= 15 is 0 Å². The third-order valence-corrected chi connectivity index (χ3v) is 4.53. The molecule has 7 heteroatoms. The van der Waals surface area contributed by atoms with Crippen LogP contribution in [-0.4, -0.2) is 31.5 Å². The van der Waals surface area contributed by atoms with Crippen LogP contribution in [0.3, 0.4) is 0 Å². The normalized spacial score (nSPS) is 14.2. The number of carbonyl (C=O) groups excluding carboxylic acids is 1. The van der Waals surface area contributed by atoms with Crippen molar-refractivity contribution in [3.05, 3.63) is 65.5 Å².